The highest BCUT2D eigenvalue weighted by Crippen LogP contribution is 2.42. The van der Waals surface area contributed by atoms with Gasteiger partial charge in [-0.15, -0.1) is 0 Å². The molecule has 1 aromatic rings. The van der Waals surface area contributed by atoms with Gasteiger partial charge in [0.15, 0.2) is 19.8 Å². The lowest BCUT2D eigenvalue weighted by molar-refractivity contribution is -0.120. The van der Waals surface area contributed by atoms with E-state index in [9.17, 15) is 4.79 Å². The van der Waals surface area contributed by atoms with Gasteiger partial charge in [0.2, 0.25) is 5.91 Å². The summed E-state index contributed by atoms with van der Waals surface area (Å²) in [5.74, 6) is 1.50. The highest BCUT2D eigenvalue weighted by Gasteiger charge is 2.42. The molecule has 0 aliphatic carbocycles. The van der Waals surface area contributed by atoms with Crippen molar-refractivity contribution in [2.24, 2.45) is 0 Å². The summed E-state index contributed by atoms with van der Waals surface area (Å²) in [6.07, 6.45) is 2.18. The van der Waals surface area contributed by atoms with Gasteiger partial charge < -0.3 is 24.1 Å². The molecule has 1 N–H and O–H groups in total. The number of nitrogens with one attached hydrogen (secondary N) is 1. The van der Waals surface area contributed by atoms with E-state index in [2.05, 4.69) is 50.1 Å². The third-order valence-electron chi connectivity index (χ3n) is 6.53. The van der Waals surface area contributed by atoms with Gasteiger partial charge >= 0.3 is 0 Å². The average molecular weight is 435 g/mol. The van der Waals surface area contributed by atoms with Crippen molar-refractivity contribution in [1.82, 2.24) is 10.2 Å². The first-order chi connectivity index (χ1) is 14.1. The maximum absolute atomic E-state index is 12.1. The van der Waals surface area contributed by atoms with Crippen molar-refractivity contribution < 1.29 is 18.7 Å². The Kier molecular flexibility index (Phi) is 7.15. The van der Waals surface area contributed by atoms with Gasteiger partial charge in [-0.25, -0.2) is 0 Å². The van der Waals surface area contributed by atoms with E-state index in [0.717, 1.165) is 36.7 Å². The largest absolute Gasteiger partial charge is 0.486 e. The van der Waals surface area contributed by atoms with E-state index in [1.165, 1.54) is 12.8 Å². The number of carbonyl (C=O) groups excluding carboxylic acids is 1. The van der Waals surface area contributed by atoms with Crippen molar-refractivity contribution >= 4 is 14.2 Å². The Balaban J connectivity index is 1.96. The summed E-state index contributed by atoms with van der Waals surface area (Å²) >= 11 is 0. The van der Waals surface area contributed by atoms with Crippen molar-refractivity contribution in [3.05, 3.63) is 23.8 Å². The second-order valence-corrected chi connectivity index (χ2v) is 14.8. The van der Waals surface area contributed by atoms with Crippen LogP contribution < -0.4 is 14.8 Å². The number of hydrogen-bond donors (Lipinski definition) is 1. The van der Waals surface area contributed by atoms with E-state index in [1.807, 2.05) is 12.1 Å². The second kappa shape index (κ2) is 9.28. The Hall–Kier alpha value is -1.57. The molecule has 0 spiro atoms. The van der Waals surface area contributed by atoms with Crippen molar-refractivity contribution in [2.45, 2.75) is 70.8 Å². The molecule has 2 aliphatic rings. The molecule has 7 heteroatoms. The third kappa shape index (κ3) is 5.56. The zero-order chi connectivity index (χ0) is 21.9. The Bertz CT molecular complexity index is 741. The van der Waals surface area contributed by atoms with Crippen LogP contribution in [0.3, 0.4) is 0 Å². The van der Waals surface area contributed by atoms with Gasteiger partial charge in [0, 0.05) is 13.5 Å². The van der Waals surface area contributed by atoms with Gasteiger partial charge in [-0.3, -0.25) is 4.79 Å². The van der Waals surface area contributed by atoms with Gasteiger partial charge in [-0.05, 0) is 61.8 Å². The molecule has 2 heterocycles. The van der Waals surface area contributed by atoms with Crippen molar-refractivity contribution in [1.29, 1.82) is 0 Å². The van der Waals surface area contributed by atoms with Crippen molar-refractivity contribution in [3.8, 4) is 11.5 Å². The highest BCUT2D eigenvalue weighted by molar-refractivity contribution is 6.74. The molecule has 1 amide bonds. The molecule has 3 rings (SSSR count). The van der Waals surface area contributed by atoms with Crippen LogP contribution in [-0.4, -0.2) is 58.0 Å². The number of hydrogen-bond acceptors (Lipinski definition) is 5. The number of ether oxygens (including phenoxy) is 2. The fourth-order valence-electron chi connectivity index (χ4n) is 3.84. The minimum Gasteiger partial charge on any atom is -0.486 e. The normalized spacial score (nSPS) is 19.4. The Morgan fingerprint density at radius 1 is 1.17 bits per heavy atom. The summed E-state index contributed by atoms with van der Waals surface area (Å²) in [6.45, 7) is 16.9. The standard InChI is InChI=1S/C23H38N2O4Si/c1-17(26)24-19(16-25-11-7-8-12-25)22(29-30(5,6)23(2,3)4)18-9-10-20-21(15-18)28-14-13-27-20/h9-10,15,19,22H,7-8,11-14,16H2,1-6H3,(H,24,26)/t19-,22?/m1/s1. The van der Waals surface area contributed by atoms with Crippen LogP contribution in [0.1, 0.15) is 52.2 Å². The Morgan fingerprint density at radius 2 is 1.80 bits per heavy atom. The van der Waals surface area contributed by atoms with E-state index in [0.29, 0.717) is 13.2 Å². The molecule has 30 heavy (non-hydrogen) atoms. The van der Waals surface area contributed by atoms with E-state index in [4.69, 9.17) is 13.9 Å². The SMILES string of the molecule is CC(=O)N[C@H](CN1CCCC1)C(O[Si](C)(C)C(C)(C)C)c1ccc2c(c1)OCCO2. The van der Waals surface area contributed by atoms with E-state index >= 15 is 0 Å². The van der Waals surface area contributed by atoms with E-state index in [1.54, 1.807) is 6.92 Å². The Labute approximate surface area is 182 Å². The molecular weight excluding hydrogens is 396 g/mol. The first kappa shape index (κ1) is 23.1. The molecule has 1 aromatic carbocycles. The number of carbonyl (C=O) groups is 1. The number of benzene rings is 1. The predicted octanol–water partition coefficient (Wildman–Crippen LogP) is 4.12. The monoisotopic (exact) mass is 434 g/mol. The van der Waals surface area contributed by atoms with Gasteiger partial charge in [-0.2, -0.15) is 0 Å². The van der Waals surface area contributed by atoms with Gasteiger partial charge in [0.25, 0.3) is 0 Å². The lowest BCUT2D eigenvalue weighted by atomic mass is 10.0. The summed E-state index contributed by atoms with van der Waals surface area (Å²) in [5, 5.41) is 3.27. The summed E-state index contributed by atoms with van der Waals surface area (Å²) < 4.78 is 18.5. The van der Waals surface area contributed by atoms with Crippen LogP contribution in [0.4, 0.5) is 0 Å². The van der Waals surface area contributed by atoms with Crippen LogP contribution in [0.2, 0.25) is 18.1 Å². The summed E-state index contributed by atoms with van der Waals surface area (Å²) in [5.41, 5.74) is 1.03. The molecule has 6 nitrogen and oxygen atoms in total. The number of fused-ring (bicyclic) bond motifs is 1. The zero-order valence-corrected chi connectivity index (χ0v) is 20.4. The van der Waals surface area contributed by atoms with Gasteiger partial charge in [-0.1, -0.05) is 26.8 Å². The minimum absolute atomic E-state index is 0.0272. The molecule has 1 unspecified atom stereocenters. The number of rotatable bonds is 7. The molecule has 0 saturated carbocycles. The predicted molar refractivity (Wildman–Crippen MR) is 122 cm³/mol. The van der Waals surface area contributed by atoms with E-state index < -0.39 is 8.32 Å². The lowest BCUT2D eigenvalue weighted by Crippen LogP contribution is -2.51. The number of nitrogens with zero attached hydrogens (tertiary/aromatic N) is 1. The number of likely N-dealkylation sites (tertiary alicyclic amines) is 1. The summed E-state index contributed by atoms with van der Waals surface area (Å²) in [4.78, 5) is 14.6. The summed E-state index contributed by atoms with van der Waals surface area (Å²) in [7, 11) is -2.10. The molecule has 0 aromatic heterocycles. The molecule has 0 bridgehead atoms. The second-order valence-electron chi connectivity index (χ2n) is 10.0. The first-order valence-electron chi connectivity index (χ1n) is 11.1. The molecule has 2 aliphatic heterocycles. The fourth-order valence-corrected chi connectivity index (χ4v) is 5.12. The topological polar surface area (TPSA) is 60.0 Å². The van der Waals surface area contributed by atoms with Crippen LogP contribution >= 0.6 is 0 Å². The molecule has 1 fully saturated rings. The van der Waals surface area contributed by atoms with Crippen LogP contribution in [0.15, 0.2) is 18.2 Å². The average Bonchev–Trinajstić information content (AvgIpc) is 3.17. The highest BCUT2D eigenvalue weighted by atomic mass is 28.4. The molecule has 168 valence electrons. The van der Waals surface area contributed by atoms with Crippen LogP contribution in [0, 0.1) is 0 Å². The third-order valence-corrected chi connectivity index (χ3v) is 11.0. The molecule has 0 radical (unpaired) electrons. The van der Waals surface area contributed by atoms with Crippen molar-refractivity contribution in [3.63, 3.8) is 0 Å². The lowest BCUT2D eigenvalue weighted by Gasteiger charge is -2.42. The maximum atomic E-state index is 12.1. The van der Waals surface area contributed by atoms with Crippen LogP contribution in [0.25, 0.3) is 0 Å². The smallest absolute Gasteiger partial charge is 0.217 e. The van der Waals surface area contributed by atoms with E-state index in [-0.39, 0.29) is 23.1 Å². The Morgan fingerprint density at radius 3 is 2.40 bits per heavy atom. The molecule has 1 saturated heterocycles. The quantitative estimate of drug-likeness (QED) is 0.654. The van der Waals surface area contributed by atoms with Crippen LogP contribution in [0.5, 0.6) is 11.5 Å². The molecule has 2 atom stereocenters. The molecular formula is C23H38N2O4Si. The fraction of sp³-hybridized carbons (Fsp3) is 0.696. The van der Waals surface area contributed by atoms with Crippen molar-refractivity contribution in [2.75, 3.05) is 32.8 Å². The van der Waals surface area contributed by atoms with Gasteiger partial charge in [0.1, 0.15) is 13.2 Å². The zero-order valence-electron chi connectivity index (χ0n) is 19.4. The number of amides is 1. The summed E-state index contributed by atoms with van der Waals surface area (Å²) in [6, 6.07) is 5.93. The first-order valence-corrected chi connectivity index (χ1v) is 14.0. The minimum atomic E-state index is -2.10. The maximum Gasteiger partial charge on any atom is 0.217 e. The van der Waals surface area contributed by atoms with Crippen LogP contribution in [-0.2, 0) is 9.22 Å². The van der Waals surface area contributed by atoms with Gasteiger partial charge in [0.05, 0.1) is 12.1 Å².